The highest BCUT2D eigenvalue weighted by Gasteiger charge is 2.22. The second-order valence-electron chi connectivity index (χ2n) is 3.81. The van der Waals surface area contributed by atoms with Gasteiger partial charge in [0.15, 0.2) is 5.03 Å². The quantitative estimate of drug-likeness (QED) is 0.933. The van der Waals surface area contributed by atoms with Gasteiger partial charge in [-0.25, -0.2) is 8.42 Å². The zero-order chi connectivity index (χ0) is 13.2. The molecule has 1 aromatic heterocycles. The highest BCUT2D eigenvalue weighted by Crippen LogP contribution is 2.16. The molecule has 5 nitrogen and oxygen atoms in total. The average Bonchev–Trinajstić information content (AvgIpc) is 2.82. The molecule has 0 bridgehead atoms. The van der Waals surface area contributed by atoms with Crippen molar-refractivity contribution in [3.8, 4) is 0 Å². The SMILES string of the molecule is CN(Cc1cccc(Cl)c1)S(=O)(=O)c1ccn[nH]1. The topological polar surface area (TPSA) is 66.1 Å². The molecule has 0 aliphatic rings. The zero-order valence-corrected chi connectivity index (χ0v) is 11.2. The van der Waals surface area contributed by atoms with E-state index in [1.54, 1.807) is 18.2 Å². The fraction of sp³-hybridized carbons (Fsp3) is 0.182. The van der Waals surface area contributed by atoms with Crippen LogP contribution in [0.25, 0.3) is 0 Å². The van der Waals surface area contributed by atoms with Crippen LogP contribution in [-0.2, 0) is 16.6 Å². The third-order valence-electron chi connectivity index (χ3n) is 2.46. The van der Waals surface area contributed by atoms with Gasteiger partial charge in [0.2, 0.25) is 0 Å². The molecule has 18 heavy (non-hydrogen) atoms. The lowest BCUT2D eigenvalue weighted by atomic mass is 10.2. The molecule has 0 radical (unpaired) electrons. The molecule has 1 aromatic carbocycles. The highest BCUT2D eigenvalue weighted by molar-refractivity contribution is 7.89. The lowest BCUT2D eigenvalue weighted by molar-refractivity contribution is 0.463. The predicted octanol–water partition coefficient (Wildman–Crippen LogP) is 1.88. The molecule has 0 aliphatic heterocycles. The van der Waals surface area contributed by atoms with Gasteiger partial charge < -0.3 is 0 Å². The predicted molar refractivity (Wildman–Crippen MR) is 68.7 cm³/mol. The van der Waals surface area contributed by atoms with Crippen LogP contribution in [0.3, 0.4) is 0 Å². The van der Waals surface area contributed by atoms with Crippen molar-refractivity contribution in [1.82, 2.24) is 14.5 Å². The number of hydrogen-bond acceptors (Lipinski definition) is 3. The Labute approximate surface area is 110 Å². The van der Waals surface area contributed by atoms with Gasteiger partial charge in [0.05, 0.1) is 6.20 Å². The van der Waals surface area contributed by atoms with Gasteiger partial charge >= 0.3 is 0 Å². The summed E-state index contributed by atoms with van der Waals surface area (Å²) in [7, 11) is -2.02. The van der Waals surface area contributed by atoms with Crippen LogP contribution in [0, 0.1) is 0 Å². The van der Waals surface area contributed by atoms with Crippen LogP contribution in [0.5, 0.6) is 0 Å². The third-order valence-corrected chi connectivity index (χ3v) is 4.43. The minimum atomic E-state index is -3.53. The van der Waals surface area contributed by atoms with Crippen LogP contribution in [0.2, 0.25) is 5.02 Å². The van der Waals surface area contributed by atoms with Crippen molar-refractivity contribution in [3.63, 3.8) is 0 Å². The first-order chi connectivity index (χ1) is 8.50. The first kappa shape index (κ1) is 13.1. The minimum absolute atomic E-state index is 0.0760. The maximum Gasteiger partial charge on any atom is 0.260 e. The zero-order valence-electron chi connectivity index (χ0n) is 9.67. The molecule has 2 aromatic rings. The summed E-state index contributed by atoms with van der Waals surface area (Å²) in [6, 6.07) is 8.51. The van der Waals surface area contributed by atoms with Crippen LogP contribution < -0.4 is 0 Å². The number of rotatable bonds is 4. The molecule has 0 amide bonds. The van der Waals surface area contributed by atoms with Crippen LogP contribution in [0.4, 0.5) is 0 Å². The van der Waals surface area contributed by atoms with E-state index in [4.69, 9.17) is 11.6 Å². The van der Waals surface area contributed by atoms with Crippen LogP contribution >= 0.6 is 11.6 Å². The first-order valence-corrected chi connectivity index (χ1v) is 7.02. The smallest absolute Gasteiger partial charge is 0.260 e. The maximum absolute atomic E-state index is 12.1. The van der Waals surface area contributed by atoms with Gasteiger partial charge in [-0.1, -0.05) is 23.7 Å². The molecule has 0 fully saturated rings. The number of halogens is 1. The van der Waals surface area contributed by atoms with E-state index in [9.17, 15) is 8.42 Å². The number of aromatic nitrogens is 2. The fourth-order valence-electron chi connectivity index (χ4n) is 1.53. The Morgan fingerprint density at radius 3 is 2.78 bits per heavy atom. The molecule has 0 unspecified atom stereocenters. The number of benzene rings is 1. The van der Waals surface area contributed by atoms with Crippen molar-refractivity contribution >= 4 is 21.6 Å². The summed E-state index contributed by atoms with van der Waals surface area (Å²) in [5, 5.41) is 6.75. The number of H-pyrrole nitrogens is 1. The van der Waals surface area contributed by atoms with Crippen molar-refractivity contribution in [3.05, 3.63) is 47.1 Å². The molecule has 1 N–H and O–H groups in total. The van der Waals surface area contributed by atoms with Gasteiger partial charge in [-0.15, -0.1) is 0 Å². The summed E-state index contributed by atoms with van der Waals surface area (Å²) in [6.45, 7) is 0.252. The molecule has 0 saturated heterocycles. The third kappa shape index (κ3) is 2.72. The molecule has 0 saturated carbocycles. The molecule has 0 aliphatic carbocycles. The van der Waals surface area contributed by atoms with Crippen molar-refractivity contribution in [2.75, 3.05) is 7.05 Å². The van der Waals surface area contributed by atoms with E-state index in [1.807, 2.05) is 6.07 Å². The molecule has 7 heteroatoms. The summed E-state index contributed by atoms with van der Waals surface area (Å²) in [5.74, 6) is 0. The Morgan fingerprint density at radius 2 is 2.17 bits per heavy atom. The standard InChI is InChI=1S/C11H12ClN3O2S/c1-15(8-9-3-2-4-10(12)7-9)18(16,17)11-5-6-13-14-11/h2-7H,8H2,1H3,(H,13,14). The van der Waals surface area contributed by atoms with E-state index in [0.29, 0.717) is 5.02 Å². The minimum Gasteiger partial charge on any atom is -0.266 e. The molecule has 2 rings (SSSR count). The largest absolute Gasteiger partial charge is 0.266 e. The molecular weight excluding hydrogens is 274 g/mol. The normalized spacial score (nSPS) is 11.9. The molecule has 1 heterocycles. The van der Waals surface area contributed by atoms with Gasteiger partial charge in [0, 0.05) is 18.6 Å². The fourth-order valence-corrected chi connectivity index (χ4v) is 2.80. The Morgan fingerprint density at radius 1 is 1.39 bits per heavy atom. The van der Waals surface area contributed by atoms with Gasteiger partial charge in [-0.2, -0.15) is 9.40 Å². The van der Waals surface area contributed by atoms with E-state index >= 15 is 0 Å². The number of nitrogens with one attached hydrogen (secondary N) is 1. The Hall–Kier alpha value is -1.37. The average molecular weight is 286 g/mol. The van der Waals surface area contributed by atoms with Crippen LogP contribution in [0.15, 0.2) is 41.6 Å². The summed E-state index contributed by atoms with van der Waals surface area (Å²) >= 11 is 5.86. The number of nitrogens with zero attached hydrogens (tertiary/aromatic N) is 2. The summed E-state index contributed by atoms with van der Waals surface area (Å²) < 4.78 is 25.5. The Kier molecular flexibility index (Phi) is 3.70. The lowest BCUT2D eigenvalue weighted by Crippen LogP contribution is -2.26. The Bertz CT molecular complexity index is 625. The van der Waals surface area contributed by atoms with Crippen molar-refractivity contribution in [2.45, 2.75) is 11.6 Å². The van der Waals surface area contributed by atoms with Crippen molar-refractivity contribution in [2.24, 2.45) is 0 Å². The maximum atomic E-state index is 12.1. The van der Waals surface area contributed by atoms with E-state index in [0.717, 1.165) is 5.56 Å². The van der Waals surface area contributed by atoms with E-state index < -0.39 is 10.0 Å². The second-order valence-corrected chi connectivity index (χ2v) is 6.26. The van der Waals surface area contributed by atoms with Gasteiger partial charge in [-0.05, 0) is 23.8 Å². The molecular formula is C11H12ClN3O2S. The molecule has 0 atom stereocenters. The summed E-state index contributed by atoms with van der Waals surface area (Å²) in [4.78, 5) is 0. The highest BCUT2D eigenvalue weighted by atomic mass is 35.5. The summed E-state index contributed by atoms with van der Waals surface area (Å²) in [5.41, 5.74) is 0.827. The van der Waals surface area contributed by atoms with Gasteiger partial charge in [0.1, 0.15) is 0 Å². The van der Waals surface area contributed by atoms with Crippen LogP contribution in [0.1, 0.15) is 5.56 Å². The second kappa shape index (κ2) is 5.09. The van der Waals surface area contributed by atoms with E-state index in [2.05, 4.69) is 10.2 Å². The van der Waals surface area contributed by atoms with E-state index in [1.165, 1.54) is 23.6 Å². The number of hydrogen-bond donors (Lipinski definition) is 1. The van der Waals surface area contributed by atoms with Gasteiger partial charge in [0.25, 0.3) is 10.0 Å². The summed E-state index contributed by atoms with van der Waals surface area (Å²) in [6.07, 6.45) is 1.40. The van der Waals surface area contributed by atoms with Gasteiger partial charge in [-0.3, -0.25) is 5.10 Å². The lowest BCUT2D eigenvalue weighted by Gasteiger charge is -2.15. The van der Waals surface area contributed by atoms with Crippen molar-refractivity contribution < 1.29 is 8.42 Å². The number of sulfonamides is 1. The number of aromatic amines is 1. The first-order valence-electron chi connectivity index (χ1n) is 5.20. The van der Waals surface area contributed by atoms with Crippen molar-refractivity contribution in [1.29, 1.82) is 0 Å². The monoisotopic (exact) mass is 285 g/mol. The molecule has 0 spiro atoms. The van der Waals surface area contributed by atoms with E-state index in [-0.39, 0.29) is 11.6 Å². The Balaban J connectivity index is 2.20. The van der Waals surface area contributed by atoms with Crippen LogP contribution in [-0.4, -0.2) is 30.0 Å². The molecule has 96 valence electrons.